The summed E-state index contributed by atoms with van der Waals surface area (Å²) in [5, 5.41) is 66.6. The Morgan fingerprint density at radius 2 is 1.33 bits per heavy atom. The molecule has 0 aliphatic heterocycles. The molecule has 0 atom stereocenters. The van der Waals surface area contributed by atoms with E-state index in [1.165, 1.54) is 19.1 Å². The molecule has 0 unspecified atom stereocenters. The number of phenols is 1. The van der Waals surface area contributed by atoms with Crippen molar-refractivity contribution in [3.05, 3.63) is 82.5 Å². The number of thiazole rings is 1. The second-order valence-electron chi connectivity index (χ2n) is 15.2. The molecular weight excluding hydrogens is 1160 g/mol. The SMILES string of the molecule is Cc1cc(N=Nc2c(S(=O)(=O)O)cc3c(S(=O)(=O)O)c(N=Nc4c(C(=O)O)nn(-c5cc(C(=O)O)cc(S(=O)(=O)O)c5)c4O)ccc3c2O)c(OCCCS(=O)(=O)O)cc1N=Nc1nc2c(S(=O)(=O)O)cc(Cl)cc2s1. The Morgan fingerprint density at radius 1 is 0.684 bits per heavy atom. The van der Waals surface area contributed by atoms with Crippen LogP contribution < -0.4 is 4.74 Å². The lowest BCUT2D eigenvalue weighted by Gasteiger charge is -2.13. The number of nitrogens with zero attached hydrogens (tertiary/aromatic N) is 9. The first-order valence-corrected chi connectivity index (χ1v) is 28.4. The van der Waals surface area contributed by atoms with Crippen LogP contribution in [0.1, 0.15) is 32.8 Å². The second-order valence-corrected chi connectivity index (χ2v) is 23.8. The smallest absolute Gasteiger partial charge is 0.358 e. The zero-order valence-electron chi connectivity index (χ0n) is 37.1. The van der Waals surface area contributed by atoms with Gasteiger partial charge in [-0.15, -0.1) is 30.7 Å². The third-order valence-corrected chi connectivity index (χ3v) is 15.4. The van der Waals surface area contributed by atoms with E-state index < -0.39 is 151 Å². The summed E-state index contributed by atoms with van der Waals surface area (Å²) >= 11 is 6.83. The maximum absolute atomic E-state index is 13.0. The highest BCUT2D eigenvalue weighted by Crippen LogP contribution is 2.47. The third kappa shape index (κ3) is 12.2. The van der Waals surface area contributed by atoms with Crippen molar-refractivity contribution in [2.24, 2.45) is 30.7 Å². The quantitative estimate of drug-likeness (QED) is 0.0231. The fraction of sp³-hybridized carbons (Fsp3) is 0.105. The van der Waals surface area contributed by atoms with E-state index in [0.717, 1.165) is 29.5 Å². The molecular formula is C38H28ClN9O22S6. The lowest BCUT2D eigenvalue weighted by atomic mass is 10.1. The van der Waals surface area contributed by atoms with Gasteiger partial charge in [-0.25, -0.2) is 14.6 Å². The molecule has 38 heteroatoms. The van der Waals surface area contributed by atoms with Gasteiger partial charge in [0.25, 0.3) is 50.6 Å². The van der Waals surface area contributed by atoms with Crippen LogP contribution in [-0.4, -0.2) is 124 Å². The van der Waals surface area contributed by atoms with Gasteiger partial charge in [-0.1, -0.05) is 22.9 Å². The molecule has 0 saturated carbocycles. The Bertz CT molecular complexity index is 4330. The van der Waals surface area contributed by atoms with E-state index in [-0.39, 0.29) is 54.2 Å². The maximum Gasteiger partial charge on any atom is 0.358 e. The summed E-state index contributed by atoms with van der Waals surface area (Å²) < 4.78 is 178. The topological polar surface area (TPSA) is 501 Å². The number of aromatic nitrogens is 3. The highest BCUT2D eigenvalue weighted by atomic mass is 35.5. The maximum atomic E-state index is 13.0. The lowest BCUT2D eigenvalue weighted by Crippen LogP contribution is -2.08. The molecule has 31 nitrogen and oxygen atoms in total. The second kappa shape index (κ2) is 20.5. The van der Waals surface area contributed by atoms with E-state index >= 15 is 0 Å². The number of hydrogen-bond donors (Lipinski definition) is 9. The normalized spacial score (nSPS) is 13.0. The molecule has 76 heavy (non-hydrogen) atoms. The summed E-state index contributed by atoms with van der Waals surface area (Å²) in [6, 6.07) is 8.39. The Balaban J connectivity index is 1.33. The molecule has 0 aliphatic rings. The number of benzene rings is 5. The Hall–Kier alpha value is -7.56. The molecule has 2 heterocycles. The highest BCUT2D eigenvalue weighted by molar-refractivity contribution is 7.87. The first-order valence-electron chi connectivity index (χ1n) is 19.9. The summed E-state index contributed by atoms with van der Waals surface area (Å²) in [4.78, 5) is 23.6. The first kappa shape index (κ1) is 56.2. The summed E-state index contributed by atoms with van der Waals surface area (Å²) in [6.45, 7) is 0.984. The molecule has 0 bridgehead atoms. The molecule has 7 aromatic rings. The number of carboxylic acid groups (broad SMARTS) is 2. The van der Waals surface area contributed by atoms with Crippen molar-refractivity contribution >= 4 is 140 Å². The van der Waals surface area contributed by atoms with Crippen LogP contribution in [0, 0.1) is 6.92 Å². The molecule has 0 aliphatic carbocycles. The number of carbonyl (C=O) groups is 2. The fourth-order valence-electron chi connectivity index (χ4n) is 6.71. The van der Waals surface area contributed by atoms with Gasteiger partial charge in [-0.3, -0.25) is 22.8 Å². The summed E-state index contributed by atoms with van der Waals surface area (Å²) in [5.41, 5.74) is -6.20. The molecule has 5 aromatic carbocycles. The predicted octanol–water partition coefficient (Wildman–Crippen LogP) is 7.29. The van der Waals surface area contributed by atoms with Crippen molar-refractivity contribution in [3.8, 4) is 23.1 Å². The zero-order chi connectivity index (χ0) is 56.2. The van der Waals surface area contributed by atoms with Crippen LogP contribution >= 0.6 is 22.9 Å². The molecule has 2 aromatic heterocycles. The van der Waals surface area contributed by atoms with Gasteiger partial charge in [0.1, 0.15) is 43.0 Å². The van der Waals surface area contributed by atoms with Crippen molar-refractivity contribution < 1.29 is 99.6 Å². The Kier molecular flexibility index (Phi) is 15.2. The van der Waals surface area contributed by atoms with E-state index in [0.29, 0.717) is 30.3 Å². The molecule has 0 saturated heterocycles. The summed E-state index contributed by atoms with van der Waals surface area (Å²) in [5.74, 6) is -7.36. The van der Waals surface area contributed by atoms with E-state index in [4.69, 9.17) is 16.3 Å². The molecule has 0 spiro atoms. The minimum atomic E-state index is -5.65. The lowest BCUT2D eigenvalue weighted by molar-refractivity contribution is 0.0682. The van der Waals surface area contributed by atoms with Crippen LogP contribution in [0.4, 0.5) is 33.6 Å². The van der Waals surface area contributed by atoms with Crippen molar-refractivity contribution in [1.82, 2.24) is 14.8 Å². The molecule has 9 N–H and O–H groups in total. The van der Waals surface area contributed by atoms with Crippen LogP contribution in [-0.2, 0) is 50.6 Å². The van der Waals surface area contributed by atoms with Crippen molar-refractivity contribution in [3.63, 3.8) is 0 Å². The number of hydrogen-bond acceptors (Lipinski definition) is 24. The number of carboxylic acids is 2. The number of phenolic OH excluding ortho intramolecular Hbond substituents is 1. The van der Waals surface area contributed by atoms with Gasteiger partial charge in [-0.05, 0) is 73.5 Å². The van der Waals surface area contributed by atoms with Gasteiger partial charge in [0.15, 0.2) is 11.4 Å². The van der Waals surface area contributed by atoms with Crippen LogP contribution in [0.3, 0.4) is 0 Å². The van der Waals surface area contributed by atoms with Crippen molar-refractivity contribution in [1.29, 1.82) is 0 Å². The minimum absolute atomic E-state index is 0.0167. The minimum Gasteiger partial charge on any atom is -0.505 e. The Labute approximate surface area is 433 Å². The zero-order valence-corrected chi connectivity index (χ0v) is 42.7. The van der Waals surface area contributed by atoms with Gasteiger partial charge in [0, 0.05) is 21.9 Å². The van der Waals surface area contributed by atoms with E-state index in [2.05, 4.69) is 40.8 Å². The van der Waals surface area contributed by atoms with E-state index in [1.54, 1.807) is 0 Å². The number of ether oxygens (including phenoxy) is 1. The number of aromatic carboxylic acids is 2. The number of fused-ring (bicyclic) bond motifs is 2. The van der Waals surface area contributed by atoms with Gasteiger partial charge in [0.2, 0.25) is 16.7 Å². The third-order valence-electron chi connectivity index (χ3n) is 9.95. The number of rotatable bonds is 18. The molecule has 7 rings (SSSR count). The molecule has 0 fully saturated rings. The first-order chi connectivity index (χ1) is 35.1. The number of aromatic hydroxyl groups is 2. The van der Waals surface area contributed by atoms with Gasteiger partial charge in [0.05, 0.1) is 38.9 Å². The van der Waals surface area contributed by atoms with Crippen LogP contribution in [0.15, 0.2) is 111 Å². The van der Waals surface area contributed by atoms with Crippen LogP contribution in [0.5, 0.6) is 17.4 Å². The van der Waals surface area contributed by atoms with E-state index in [9.17, 15) is 94.9 Å². The average Bonchev–Trinajstić information content (AvgIpc) is 3.86. The fourth-order valence-corrected chi connectivity index (χ4v) is 11.1. The molecule has 400 valence electrons. The largest absolute Gasteiger partial charge is 0.505 e. The highest BCUT2D eigenvalue weighted by Gasteiger charge is 2.30. The van der Waals surface area contributed by atoms with Crippen LogP contribution in [0.25, 0.3) is 26.7 Å². The van der Waals surface area contributed by atoms with Gasteiger partial charge >= 0.3 is 11.9 Å². The monoisotopic (exact) mass is 1190 g/mol. The van der Waals surface area contributed by atoms with Gasteiger partial charge < -0.3 is 25.2 Å². The number of halogens is 1. The molecule has 0 radical (unpaired) electrons. The van der Waals surface area contributed by atoms with Crippen LogP contribution in [0.2, 0.25) is 5.02 Å². The number of azo groups is 3. The predicted molar refractivity (Wildman–Crippen MR) is 259 cm³/mol. The standard InChI is InChI=1S/C38H28ClN9O22S6/c1-15-7-24(25(70-5-2-6-72(55,56)57)14-23(15)42-46-38-40-29-26(71-38)10-17(39)11-27(29)74(61,62)63)43-44-30-28(75(64,65)66)13-21-20(33(30)49)3-4-22(34(21)76(67,68)69)41-45-31-32(37(53)54)47-48(35(31)50)18-8-16(36(51)52)9-19(12-18)73(58,59)60/h3-4,7-14,49-50H,2,5-6H2,1H3,(H,51,52)(H,53,54)(H,55,56,57)(H,58,59,60)(H,61,62,63)(H,64,65,66)(H,67,68,69). The number of aryl methyl sites for hydroxylation is 1. The van der Waals surface area contributed by atoms with Crippen molar-refractivity contribution in [2.75, 3.05) is 12.4 Å². The summed E-state index contributed by atoms with van der Waals surface area (Å²) in [6.07, 6.45) is -0.324. The van der Waals surface area contributed by atoms with Crippen molar-refractivity contribution in [2.45, 2.75) is 32.9 Å². The Morgan fingerprint density at radius 3 is 1.93 bits per heavy atom. The van der Waals surface area contributed by atoms with Gasteiger partial charge in [-0.2, -0.15) is 51.9 Å². The average molecular weight is 1190 g/mol. The molecule has 0 amide bonds. The summed E-state index contributed by atoms with van der Waals surface area (Å²) in [7, 11) is -25.7. The van der Waals surface area contributed by atoms with E-state index in [1.807, 2.05) is 0 Å².